The van der Waals surface area contributed by atoms with E-state index in [1.165, 1.54) is 11.8 Å². The van der Waals surface area contributed by atoms with Crippen LogP contribution in [-0.4, -0.2) is 46.2 Å². The van der Waals surface area contributed by atoms with E-state index in [-0.39, 0.29) is 6.61 Å². The summed E-state index contributed by atoms with van der Waals surface area (Å²) >= 11 is 1.51. The monoisotopic (exact) mass is 466 g/mol. The smallest absolute Gasteiger partial charge is 0.144 e. The SMILES string of the molecule is C[C@@]1(Sc2ccccc2)O[C@H](CO)[C@@H](O)[C@H](OCc2ccccc2)[C@H]1OCc1ccccc1. The Morgan fingerprint density at radius 3 is 1.88 bits per heavy atom. The van der Waals surface area contributed by atoms with Crippen LogP contribution in [0.2, 0.25) is 0 Å². The van der Waals surface area contributed by atoms with Gasteiger partial charge in [-0.15, -0.1) is 0 Å². The van der Waals surface area contributed by atoms with Gasteiger partial charge in [-0.25, -0.2) is 0 Å². The lowest BCUT2D eigenvalue weighted by atomic mass is 9.94. The van der Waals surface area contributed by atoms with Crippen LogP contribution >= 0.6 is 11.8 Å². The van der Waals surface area contributed by atoms with Crippen molar-refractivity contribution in [2.24, 2.45) is 0 Å². The summed E-state index contributed by atoms with van der Waals surface area (Å²) in [6.45, 7) is 2.29. The number of aliphatic hydroxyl groups excluding tert-OH is 2. The predicted octanol–water partition coefficient (Wildman–Crippen LogP) is 4.42. The Hall–Kier alpha value is -2.19. The molecule has 174 valence electrons. The van der Waals surface area contributed by atoms with Crippen molar-refractivity contribution in [3.8, 4) is 0 Å². The van der Waals surface area contributed by atoms with Crippen molar-refractivity contribution in [2.75, 3.05) is 6.61 Å². The topological polar surface area (TPSA) is 68.2 Å². The lowest BCUT2D eigenvalue weighted by molar-refractivity contribution is -0.264. The summed E-state index contributed by atoms with van der Waals surface area (Å²) in [5.41, 5.74) is 2.01. The highest BCUT2D eigenvalue weighted by Crippen LogP contribution is 2.45. The summed E-state index contributed by atoms with van der Waals surface area (Å²) < 4.78 is 19.0. The molecule has 0 aromatic heterocycles. The first-order valence-corrected chi connectivity index (χ1v) is 11.9. The first-order valence-electron chi connectivity index (χ1n) is 11.1. The van der Waals surface area contributed by atoms with Crippen LogP contribution in [0.15, 0.2) is 95.9 Å². The van der Waals surface area contributed by atoms with Crippen molar-refractivity contribution >= 4 is 11.8 Å². The molecule has 1 fully saturated rings. The highest BCUT2D eigenvalue weighted by Gasteiger charge is 2.54. The number of benzene rings is 3. The third kappa shape index (κ3) is 6.03. The van der Waals surface area contributed by atoms with E-state index in [2.05, 4.69) is 0 Å². The Bertz CT molecular complexity index is 972. The number of hydrogen-bond acceptors (Lipinski definition) is 6. The number of rotatable bonds is 9. The summed E-state index contributed by atoms with van der Waals surface area (Å²) in [6.07, 6.45) is -3.11. The normalized spacial score (nSPS) is 27.4. The average Bonchev–Trinajstić information content (AvgIpc) is 2.85. The minimum Gasteiger partial charge on any atom is -0.394 e. The summed E-state index contributed by atoms with van der Waals surface area (Å²) in [6, 6.07) is 29.6. The van der Waals surface area contributed by atoms with E-state index in [9.17, 15) is 10.2 Å². The van der Waals surface area contributed by atoms with E-state index in [1.807, 2.05) is 97.9 Å². The van der Waals surface area contributed by atoms with E-state index in [0.717, 1.165) is 16.0 Å². The Morgan fingerprint density at radius 1 is 0.818 bits per heavy atom. The third-order valence-corrected chi connectivity index (χ3v) is 6.96. The van der Waals surface area contributed by atoms with Gasteiger partial charge in [-0.05, 0) is 30.2 Å². The maximum atomic E-state index is 11.1. The summed E-state index contributed by atoms with van der Waals surface area (Å²) in [4.78, 5) is 0.104. The molecule has 5 atom stereocenters. The zero-order chi connectivity index (χ0) is 23.1. The molecule has 33 heavy (non-hydrogen) atoms. The van der Waals surface area contributed by atoms with Gasteiger partial charge in [-0.2, -0.15) is 0 Å². The molecule has 1 aliphatic rings. The minimum atomic E-state index is -1.04. The maximum absolute atomic E-state index is 11.1. The van der Waals surface area contributed by atoms with Crippen LogP contribution in [0.1, 0.15) is 18.1 Å². The molecule has 0 unspecified atom stereocenters. The van der Waals surface area contributed by atoms with Crippen LogP contribution < -0.4 is 0 Å². The molecule has 0 aliphatic carbocycles. The molecular weight excluding hydrogens is 436 g/mol. The average molecular weight is 467 g/mol. The second-order valence-corrected chi connectivity index (χ2v) is 9.73. The van der Waals surface area contributed by atoms with E-state index in [4.69, 9.17) is 14.2 Å². The fourth-order valence-corrected chi connectivity index (χ4v) is 5.29. The third-order valence-electron chi connectivity index (χ3n) is 5.72. The Morgan fingerprint density at radius 2 is 1.33 bits per heavy atom. The molecule has 0 saturated carbocycles. The molecule has 6 heteroatoms. The predicted molar refractivity (Wildman–Crippen MR) is 129 cm³/mol. The van der Waals surface area contributed by atoms with Gasteiger partial charge in [-0.1, -0.05) is 90.6 Å². The van der Waals surface area contributed by atoms with E-state index < -0.39 is 29.3 Å². The van der Waals surface area contributed by atoms with Crippen molar-refractivity contribution in [2.45, 2.75) is 54.4 Å². The van der Waals surface area contributed by atoms with Gasteiger partial charge < -0.3 is 24.4 Å². The van der Waals surface area contributed by atoms with Gasteiger partial charge >= 0.3 is 0 Å². The van der Waals surface area contributed by atoms with Crippen molar-refractivity contribution in [1.29, 1.82) is 0 Å². The van der Waals surface area contributed by atoms with Crippen LogP contribution in [0.3, 0.4) is 0 Å². The zero-order valence-corrected chi connectivity index (χ0v) is 19.4. The largest absolute Gasteiger partial charge is 0.394 e. The summed E-state index contributed by atoms with van der Waals surface area (Å²) in [7, 11) is 0. The number of aliphatic hydroxyl groups is 2. The second-order valence-electron chi connectivity index (χ2n) is 8.24. The fraction of sp³-hybridized carbons (Fsp3) is 0.333. The minimum absolute atomic E-state index is 0.317. The van der Waals surface area contributed by atoms with Crippen LogP contribution in [0.25, 0.3) is 0 Å². The Labute approximate surface area is 199 Å². The summed E-state index contributed by atoms with van der Waals surface area (Å²) in [5, 5.41) is 21.0. The Balaban J connectivity index is 1.62. The van der Waals surface area contributed by atoms with Gasteiger partial charge in [0.15, 0.2) is 0 Å². The number of hydrogen-bond donors (Lipinski definition) is 2. The van der Waals surface area contributed by atoms with Crippen LogP contribution in [0.5, 0.6) is 0 Å². The molecular formula is C27H30O5S. The number of thioether (sulfide) groups is 1. The quantitative estimate of drug-likeness (QED) is 0.487. The molecule has 0 radical (unpaired) electrons. The Kier molecular flexibility index (Phi) is 8.20. The maximum Gasteiger partial charge on any atom is 0.144 e. The van der Waals surface area contributed by atoms with Crippen molar-refractivity contribution in [3.63, 3.8) is 0 Å². The van der Waals surface area contributed by atoms with Crippen molar-refractivity contribution < 1.29 is 24.4 Å². The van der Waals surface area contributed by atoms with Gasteiger partial charge in [0.2, 0.25) is 0 Å². The highest BCUT2D eigenvalue weighted by atomic mass is 32.2. The molecule has 3 aromatic rings. The molecule has 2 N–H and O–H groups in total. The van der Waals surface area contributed by atoms with Gasteiger partial charge in [0.1, 0.15) is 29.3 Å². The van der Waals surface area contributed by atoms with E-state index in [1.54, 1.807) is 0 Å². The van der Waals surface area contributed by atoms with Crippen LogP contribution in [0, 0.1) is 0 Å². The molecule has 0 spiro atoms. The summed E-state index contributed by atoms with van der Waals surface area (Å²) in [5.74, 6) is 0. The molecule has 3 aromatic carbocycles. The second kappa shape index (κ2) is 11.3. The lowest BCUT2D eigenvalue weighted by Crippen LogP contribution is -2.64. The lowest BCUT2D eigenvalue weighted by Gasteiger charge is -2.49. The molecule has 1 aliphatic heterocycles. The van der Waals surface area contributed by atoms with E-state index in [0.29, 0.717) is 13.2 Å². The van der Waals surface area contributed by atoms with Crippen LogP contribution in [-0.2, 0) is 27.4 Å². The number of ether oxygens (including phenoxy) is 3. The van der Waals surface area contributed by atoms with Gasteiger partial charge in [0, 0.05) is 4.90 Å². The highest BCUT2D eigenvalue weighted by molar-refractivity contribution is 8.00. The van der Waals surface area contributed by atoms with Gasteiger partial charge in [-0.3, -0.25) is 0 Å². The zero-order valence-electron chi connectivity index (χ0n) is 18.6. The first kappa shape index (κ1) is 24.0. The molecule has 0 bridgehead atoms. The molecule has 1 heterocycles. The van der Waals surface area contributed by atoms with E-state index >= 15 is 0 Å². The molecule has 4 rings (SSSR count). The molecule has 1 saturated heterocycles. The van der Waals surface area contributed by atoms with Gasteiger partial charge in [0.05, 0.1) is 19.8 Å². The fourth-order valence-electron chi connectivity index (χ4n) is 4.04. The molecule has 5 nitrogen and oxygen atoms in total. The van der Waals surface area contributed by atoms with Crippen molar-refractivity contribution in [1.82, 2.24) is 0 Å². The van der Waals surface area contributed by atoms with Crippen LogP contribution in [0.4, 0.5) is 0 Å². The van der Waals surface area contributed by atoms with Gasteiger partial charge in [0.25, 0.3) is 0 Å². The standard InChI is InChI=1S/C27H30O5S/c1-27(33-22-15-9-4-10-16-22)26(31-19-21-13-7-3-8-14-21)25(24(29)23(17-28)32-27)30-18-20-11-5-2-6-12-20/h2-16,23-26,28-29H,17-19H2,1H3/t23-,24-,25+,26-,27+/m1/s1. The van der Waals surface area contributed by atoms with Crippen molar-refractivity contribution in [3.05, 3.63) is 102 Å². The molecule has 0 amide bonds. The first-order chi connectivity index (χ1) is 16.1.